The summed E-state index contributed by atoms with van der Waals surface area (Å²) in [5.74, 6) is 0.472. The van der Waals surface area contributed by atoms with Crippen LogP contribution in [-0.2, 0) is 6.42 Å². The van der Waals surface area contributed by atoms with E-state index in [1.54, 1.807) is 0 Å². The lowest BCUT2D eigenvalue weighted by Crippen LogP contribution is -1.97. The zero-order valence-corrected chi connectivity index (χ0v) is 8.86. The van der Waals surface area contributed by atoms with Crippen molar-refractivity contribution in [2.75, 3.05) is 0 Å². The molecule has 74 valence electrons. The summed E-state index contributed by atoms with van der Waals surface area (Å²) >= 11 is 0. The predicted molar refractivity (Wildman–Crippen MR) is 56.5 cm³/mol. The summed E-state index contributed by atoms with van der Waals surface area (Å²) in [4.78, 5) is 4.61. The van der Waals surface area contributed by atoms with Gasteiger partial charge in [0, 0.05) is 17.5 Å². The highest BCUT2D eigenvalue weighted by Gasteiger charge is 2.06. The molecule has 0 radical (unpaired) electrons. The molecule has 0 saturated heterocycles. The van der Waals surface area contributed by atoms with E-state index < -0.39 is 0 Å². The molecule has 0 spiro atoms. The van der Waals surface area contributed by atoms with E-state index in [9.17, 15) is 0 Å². The van der Waals surface area contributed by atoms with Crippen molar-refractivity contribution in [1.29, 1.82) is 0 Å². The second-order valence-corrected chi connectivity index (χ2v) is 3.80. The maximum atomic E-state index is 4.61. The number of hydrogen-bond acceptors (Lipinski definition) is 2. The van der Waals surface area contributed by atoms with Gasteiger partial charge in [-0.25, -0.2) is 9.50 Å². The van der Waals surface area contributed by atoms with E-state index in [4.69, 9.17) is 0 Å². The van der Waals surface area contributed by atoms with Crippen LogP contribution in [0.1, 0.15) is 37.9 Å². The highest BCUT2D eigenvalue weighted by molar-refractivity contribution is 5.46. The molecule has 0 N–H and O–H groups in total. The molecular weight excluding hydrogens is 174 g/mol. The SMILES string of the molecule is CCc1cnn2ccc(C(C)C)nc12. The van der Waals surface area contributed by atoms with Crippen LogP contribution in [0.3, 0.4) is 0 Å². The Bertz CT molecular complexity index is 443. The van der Waals surface area contributed by atoms with Crippen molar-refractivity contribution in [3.05, 3.63) is 29.7 Å². The molecule has 2 aromatic heterocycles. The van der Waals surface area contributed by atoms with Crippen molar-refractivity contribution in [2.24, 2.45) is 0 Å². The fraction of sp³-hybridized carbons (Fsp3) is 0.455. The Morgan fingerprint density at radius 3 is 2.86 bits per heavy atom. The third kappa shape index (κ3) is 1.39. The molecule has 14 heavy (non-hydrogen) atoms. The first-order chi connectivity index (χ1) is 6.72. The molecule has 2 rings (SSSR count). The number of rotatable bonds is 2. The van der Waals surface area contributed by atoms with Gasteiger partial charge in [-0.2, -0.15) is 5.10 Å². The predicted octanol–water partition coefficient (Wildman–Crippen LogP) is 2.42. The fourth-order valence-corrected chi connectivity index (χ4v) is 1.50. The minimum Gasteiger partial charge on any atom is -0.233 e. The molecule has 0 aliphatic carbocycles. The zero-order valence-electron chi connectivity index (χ0n) is 8.86. The van der Waals surface area contributed by atoms with Gasteiger partial charge in [-0.15, -0.1) is 0 Å². The number of aromatic nitrogens is 3. The van der Waals surface area contributed by atoms with Gasteiger partial charge < -0.3 is 0 Å². The molecule has 0 saturated carbocycles. The van der Waals surface area contributed by atoms with E-state index in [-0.39, 0.29) is 0 Å². The van der Waals surface area contributed by atoms with E-state index in [2.05, 4.69) is 30.9 Å². The van der Waals surface area contributed by atoms with Crippen LogP contribution in [0.2, 0.25) is 0 Å². The lowest BCUT2D eigenvalue weighted by atomic mass is 10.1. The van der Waals surface area contributed by atoms with E-state index in [1.807, 2.05) is 23.0 Å². The largest absolute Gasteiger partial charge is 0.233 e. The summed E-state index contributed by atoms with van der Waals surface area (Å²) in [6.07, 6.45) is 4.86. The monoisotopic (exact) mass is 189 g/mol. The third-order valence-electron chi connectivity index (χ3n) is 2.44. The van der Waals surface area contributed by atoms with Crippen LogP contribution < -0.4 is 0 Å². The number of nitrogens with zero attached hydrogens (tertiary/aromatic N) is 3. The van der Waals surface area contributed by atoms with Crippen LogP contribution in [0, 0.1) is 0 Å². The van der Waals surface area contributed by atoms with Crippen molar-refractivity contribution in [2.45, 2.75) is 33.1 Å². The summed E-state index contributed by atoms with van der Waals surface area (Å²) < 4.78 is 1.84. The van der Waals surface area contributed by atoms with Gasteiger partial charge >= 0.3 is 0 Å². The van der Waals surface area contributed by atoms with Gasteiger partial charge in [-0.3, -0.25) is 0 Å². The molecule has 0 fully saturated rings. The van der Waals surface area contributed by atoms with Gasteiger partial charge in [-0.05, 0) is 18.4 Å². The van der Waals surface area contributed by atoms with Crippen LogP contribution in [0.25, 0.3) is 5.65 Å². The van der Waals surface area contributed by atoms with Crippen molar-refractivity contribution in [3.63, 3.8) is 0 Å². The standard InChI is InChI=1S/C11H15N3/c1-4-9-7-12-14-6-5-10(8(2)3)13-11(9)14/h5-8H,4H2,1-3H3. The summed E-state index contributed by atoms with van der Waals surface area (Å²) in [6.45, 7) is 6.43. The molecule has 3 heteroatoms. The first-order valence-corrected chi connectivity index (χ1v) is 5.05. The molecule has 2 aromatic rings. The minimum absolute atomic E-state index is 0.472. The Morgan fingerprint density at radius 1 is 1.43 bits per heavy atom. The summed E-state index contributed by atoms with van der Waals surface area (Å²) in [5.41, 5.74) is 3.35. The van der Waals surface area contributed by atoms with Gasteiger partial charge in [-0.1, -0.05) is 20.8 Å². The highest BCUT2D eigenvalue weighted by atomic mass is 15.2. The Morgan fingerprint density at radius 2 is 2.21 bits per heavy atom. The number of fused-ring (bicyclic) bond motifs is 1. The lowest BCUT2D eigenvalue weighted by molar-refractivity contribution is 0.807. The fourth-order valence-electron chi connectivity index (χ4n) is 1.50. The van der Waals surface area contributed by atoms with Crippen molar-refractivity contribution in [1.82, 2.24) is 14.6 Å². The van der Waals surface area contributed by atoms with Gasteiger partial charge in [0.2, 0.25) is 0 Å². The van der Waals surface area contributed by atoms with Crippen LogP contribution in [-0.4, -0.2) is 14.6 Å². The van der Waals surface area contributed by atoms with E-state index in [0.29, 0.717) is 5.92 Å². The molecule has 0 amide bonds. The average Bonchev–Trinajstić information content (AvgIpc) is 2.59. The highest BCUT2D eigenvalue weighted by Crippen LogP contribution is 2.14. The Kier molecular flexibility index (Phi) is 2.23. The Labute approximate surface area is 83.8 Å². The molecule has 3 nitrogen and oxygen atoms in total. The number of aryl methyl sites for hydroxylation is 1. The molecule has 0 unspecified atom stereocenters. The van der Waals surface area contributed by atoms with E-state index in [1.165, 1.54) is 5.56 Å². The van der Waals surface area contributed by atoms with Crippen LogP contribution in [0.15, 0.2) is 18.5 Å². The first-order valence-electron chi connectivity index (χ1n) is 5.05. The second-order valence-electron chi connectivity index (χ2n) is 3.80. The minimum atomic E-state index is 0.472. The molecule has 2 heterocycles. The smallest absolute Gasteiger partial charge is 0.158 e. The van der Waals surface area contributed by atoms with Crippen LogP contribution >= 0.6 is 0 Å². The quantitative estimate of drug-likeness (QED) is 0.726. The Balaban J connectivity index is 2.61. The molecule has 0 aromatic carbocycles. The van der Waals surface area contributed by atoms with Gasteiger partial charge in [0.15, 0.2) is 5.65 Å². The molecule has 0 aliphatic heterocycles. The average molecular weight is 189 g/mol. The summed E-state index contributed by atoms with van der Waals surface area (Å²) in [5, 5.41) is 4.24. The number of hydrogen-bond donors (Lipinski definition) is 0. The molecular formula is C11H15N3. The third-order valence-corrected chi connectivity index (χ3v) is 2.44. The second kappa shape index (κ2) is 3.40. The van der Waals surface area contributed by atoms with Crippen molar-refractivity contribution >= 4 is 5.65 Å². The van der Waals surface area contributed by atoms with Gasteiger partial charge in [0.25, 0.3) is 0 Å². The van der Waals surface area contributed by atoms with Crippen LogP contribution in [0.4, 0.5) is 0 Å². The lowest BCUT2D eigenvalue weighted by Gasteiger charge is -2.04. The zero-order chi connectivity index (χ0) is 10.1. The topological polar surface area (TPSA) is 30.2 Å². The first kappa shape index (κ1) is 9.19. The maximum Gasteiger partial charge on any atom is 0.158 e. The van der Waals surface area contributed by atoms with Crippen LogP contribution in [0.5, 0.6) is 0 Å². The molecule has 0 aliphatic rings. The van der Waals surface area contributed by atoms with E-state index in [0.717, 1.165) is 17.8 Å². The summed E-state index contributed by atoms with van der Waals surface area (Å²) in [6, 6.07) is 2.03. The maximum absolute atomic E-state index is 4.61. The molecule has 0 bridgehead atoms. The normalized spacial score (nSPS) is 11.4. The van der Waals surface area contributed by atoms with Crippen molar-refractivity contribution < 1.29 is 0 Å². The Hall–Kier alpha value is -1.38. The van der Waals surface area contributed by atoms with Crippen molar-refractivity contribution in [3.8, 4) is 0 Å². The van der Waals surface area contributed by atoms with Gasteiger partial charge in [0.05, 0.1) is 6.20 Å². The summed E-state index contributed by atoms with van der Waals surface area (Å²) in [7, 11) is 0. The van der Waals surface area contributed by atoms with Gasteiger partial charge in [0.1, 0.15) is 0 Å². The van der Waals surface area contributed by atoms with E-state index >= 15 is 0 Å². The molecule has 0 atom stereocenters.